The number of nitrogens with two attached hydrogens (primary N) is 2. The van der Waals surface area contributed by atoms with E-state index in [-0.39, 0.29) is 17.5 Å². The fourth-order valence-corrected chi connectivity index (χ4v) is 4.78. The molecule has 1 amide bonds. The summed E-state index contributed by atoms with van der Waals surface area (Å²) < 4.78 is 14.3. The van der Waals surface area contributed by atoms with Crippen molar-refractivity contribution in [1.82, 2.24) is 9.88 Å². The second kappa shape index (κ2) is 8.22. The third kappa shape index (κ3) is 3.90. The molecule has 0 spiro atoms. The summed E-state index contributed by atoms with van der Waals surface area (Å²) >= 11 is 1.33. The quantitative estimate of drug-likeness (QED) is 0.671. The number of anilines is 1. The van der Waals surface area contributed by atoms with Crippen molar-refractivity contribution >= 4 is 23.1 Å². The first-order chi connectivity index (χ1) is 14.5. The van der Waals surface area contributed by atoms with Crippen molar-refractivity contribution in [3.8, 4) is 27.6 Å². The van der Waals surface area contributed by atoms with Gasteiger partial charge < -0.3 is 16.4 Å². The largest absolute Gasteiger partial charge is 0.384 e. The Kier molecular flexibility index (Phi) is 5.48. The van der Waals surface area contributed by atoms with Crippen molar-refractivity contribution in [2.45, 2.75) is 18.9 Å². The number of nitrogens with zero attached hydrogens (tertiary/aromatic N) is 3. The summed E-state index contributed by atoms with van der Waals surface area (Å²) in [5, 5.41) is 9.02. The van der Waals surface area contributed by atoms with E-state index in [4.69, 9.17) is 16.7 Å². The van der Waals surface area contributed by atoms with Gasteiger partial charge >= 0.3 is 0 Å². The van der Waals surface area contributed by atoms with Gasteiger partial charge in [0.15, 0.2) is 0 Å². The van der Waals surface area contributed by atoms with Gasteiger partial charge in [0.1, 0.15) is 17.7 Å². The number of hydrogen-bond acceptors (Lipinski definition) is 6. The number of piperidine rings is 1. The van der Waals surface area contributed by atoms with Gasteiger partial charge in [-0.2, -0.15) is 5.26 Å². The maximum Gasteiger partial charge on any atom is 0.264 e. The number of likely N-dealkylation sites (tertiary alicyclic amines) is 1. The zero-order valence-corrected chi connectivity index (χ0v) is 17.0. The fraction of sp³-hybridized carbons (Fsp3) is 0.227. The number of thiophene rings is 1. The van der Waals surface area contributed by atoms with E-state index in [0.29, 0.717) is 34.9 Å². The second-order valence-electron chi connectivity index (χ2n) is 7.28. The van der Waals surface area contributed by atoms with Crippen LogP contribution in [-0.2, 0) is 0 Å². The minimum Gasteiger partial charge on any atom is -0.384 e. The highest BCUT2D eigenvalue weighted by Crippen LogP contribution is 2.40. The average molecular weight is 422 g/mol. The molecule has 1 aliphatic rings. The van der Waals surface area contributed by atoms with E-state index < -0.39 is 5.82 Å². The molecule has 0 radical (unpaired) electrons. The van der Waals surface area contributed by atoms with Crippen molar-refractivity contribution in [3.05, 3.63) is 58.9 Å². The van der Waals surface area contributed by atoms with Gasteiger partial charge in [0.05, 0.1) is 10.4 Å². The van der Waals surface area contributed by atoms with Gasteiger partial charge in [0.2, 0.25) is 0 Å². The molecule has 1 saturated heterocycles. The van der Waals surface area contributed by atoms with Crippen molar-refractivity contribution in [2.75, 3.05) is 18.8 Å². The van der Waals surface area contributed by atoms with E-state index in [9.17, 15) is 9.18 Å². The molecule has 6 nitrogen and oxygen atoms in total. The SMILES string of the molecule is N#Cc1ccc(-c2cc(C(=O)N3CCC[C@@H](N)C3)sc2-c2ccnc(N)c2)cc1F. The molecule has 0 unspecified atom stereocenters. The number of halogens is 1. The molecule has 3 heterocycles. The van der Waals surface area contributed by atoms with E-state index in [1.807, 2.05) is 6.07 Å². The van der Waals surface area contributed by atoms with Crippen LogP contribution in [0, 0.1) is 17.1 Å². The smallest absolute Gasteiger partial charge is 0.264 e. The molecule has 1 atom stereocenters. The summed E-state index contributed by atoms with van der Waals surface area (Å²) in [7, 11) is 0. The third-order valence-electron chi connectivity index (χ3n) is 5.13. The number of aromatic nitrogens is 1. The van der Waals surface area contributed by atoms with Gasteiger partial charge in [-0.1, -0.05) is 6.07 Å². The van der Waals surface area contributed by atoms with Crippen LogP contribution in [0.4, 0.5) is 10.2 Å². The monoisotopic (exact) mass is 421 g/mol. The Morgan fingerprint density at radius 3 is 2.80 bits per heavy atom. The molecule has 3 aromatic rings. The Morgan fingerprint density at radius 1 is 1.27 bits per heavy atom. The zero-order chi connectivity index (χ0) is 21.3. The molecule has 4 N–H and O–H groups in total. The molecule has 152 valence electrons. The maximum atomic E-state index is 14.3. The van der Waals surface area contributed by atoms with Gasteiger partial charge in [-0.25, -0.2) is 9.37 Å². The van der Waals surface area contributed by atoms with E-state index >= 15 is 0 Å². The van der Waals surface area contributed by atoms with Crippen LogP contribution in [0.15, 0.2) is 42.6 Å². The topological polar surface area (TPSA) is 109 Å². The zero-order valence-electron chi connectivity index (χ0n) is 16.1. The number of rotatable bonds is 3. The van der Waals surface area contributed by atoms with Crippen molar-refractivity contribution in [3.63, 3.8) is 0 Å². The number of carbonyl (C=O) groups is 1. The van der Waals surface area contributed by atoms with E-state index in [0.717, 1.165) is 23.3 Å². The predicted octanol–water partition coefficient (Wildman–Crippen LogP) is 3.63. The van der Waals surface area contributed by atoms with Gasteiger partial charge in [0, 0.05) is 35.8 Å². The number of carbonyl (C=O) groups excluding carboxylic acids is 1. The normalized spacial score (nSPS) is 16.3. The lowest BCUT2D eigenvalue weighted by atomic mass is 10.0. The minimum atomic E-state index is -0.601. The van der Waals surface area contributed by atoms with Crippen molar-refractivity contribution in [2.24, 2.45) is 5.73 Å². The highest BCUT2D eigenvalue weighted by atomic mass is 32.1. The lowest BCUT2D eigenvalue weighted by Gasteiger charge is -2.30. The molecular formula is C22H20FN5OS. The van der Waals surface area contributed by atoms with Crippen LogP contribution in [0.3, 0.4) is 0 Å². The van der Waals surface area contributed by atoms with Crippen LogP contribution in [0.2, 0.25) is 0 Å². The van der Waals surface area contributed by atoms with Crippen LogP contribution >= 0.6 is 11.3 Å². The summed E-state index contributed by atoms with van der Waals surface area (Å²) in [6.45, 7) is 1.19. The fourth-order valence-electron chi connectivity index (χ4n) is 3.64. The molecule has 0 aliphatic carbocycles. The first-order valence-corrected chi connectivity index (χ1v) is 10.4. The number of nitriles is 1. The van der Waals surface area contributed by atoms with E-state index in [1.54, 1.807) is 35.4 Å². The minimum absolute atomic E-state index is 0.0192. The summed E-state index contributed by atoms with van der Waals surface area (Å²) in [6.07, 6.45) is 3.38. The molecule has 8 heteroatoms. The Balaban J connectivity index is 1.81. The molecule has 1 fully saturated rings. The molecule has 0 saturated carbocycles. The first kappa shape index (κ1) is 20.0. The summed E-state index contributed by atoms with van der Waals surface area (Å²) in [6, 6.07) is 11.6. The molecule has 30 heavy (non-hydrogen) atoms. The highest BCUT2D eigenvalue weighted by molar-refractivity contribution is 7.18. The molecule has 4 rings (SSSR count). The van der Waals surface area contributed by atoms with Gasteiger partial charge in [0.25, 0.3) is 5.91 Å². The molecule has 0 bridgehead atoms. The third-order valence-corrected chi connectivity index (χ3v) is 6.30. The Labute approximate surface area is 177 Å². The number of pyridine rings is 1. The van der Waals surface area contributed by atoms with Crippen molar-refractivity contribution < 1.29 is 9.18 Å². The second-order valence-corrected chi connectivity index (χ2v) is 8.33. The Morgan fingerprint density at radius 2 is 2.10 bits per heavy atom. The highest BCUT2D eigenvalue weighted by Gasteiger charge is 2.25. The number of hydrogen-bond donors (Lipinski definition) is 2. The van der Waals surface area contributed by atoms with Crippen LogP contribution in [0.1, 0.15) is 28.1 Å². The molecule has 1 aromatic carbocycles. The van der Waals surface area contributed by atoms with Gasteiger partial charge in [-0.05, 0) is 54.3 Å². The average Bonchev–Trinajstić information content (AvgIpc) is 3.18. The van der Waals surface area contributed by atoms with Crippen LogP contribution in [0.5, 0.6) is 0 Å². The summed E-state index contributed by atoms with van der Waals surface area (Å²) in [5.41, 5.74) is 14.0. The lowest BCUT2D eigenvalue weighted by Crippen LogP contribution is -2.45. The number of nitrogen functional groups attached to an aromatic ring is 1. The standard InChI is InChI=1S/C22H20FN5OS/c23-18-8-13(3-4-15(18)11-24)17-10-19(22(29)28-7-1-2-16(25)12-28)30-21(17)14-5-6-27-20(26)9-14/h3-6,8-10,16H,1-2,7,12,25H2,(H2,26,27)/t16-/m1/s1. The maximum absolute atomic E-state index is 14.3. The van der Waals surface area contributed by atoms with Crippen LogP contribution in [-0.4, -0.2) is 34.9 Å². The van der Waals surface area contributed by atoms with Crippen LogP contribution < -0.4 is 11.5 Å². The van der Waals surface area contributed by atoms with Gasteiger partial charge in [-0.3, -0.25) is 4.79 Å². The van der Waals surface area contributed by atoms with Crippen molar-refractivity contribution in [1.29, 1.82) is 5.26 Å². The number of amides is 1. The number of benzene rings is 1. The van der Waals surface area contributed by atoms with E-state index in [2.05, 4.69) is 4.98 Å². The first-order valence-electron chi connectivity index (χ1n) is 9.57. The molecule has 2 aromatic heterocycles. The Hall–Kier alpha value is -3.28. The van der Waals surface area contributed by atoms with Gasteiger partial charge in [-0.15, -0.1) is 11.3 Å². The molecule has 1 aliphatic heterocycles. The predicted molar refractivity (Wildman–Crippen MR) is 115 cm³/mol. The van der Waals surface area contributed by atoms with E-state index in [1.165, 1.54) is 23.5 Å². The van der Waals surface area contributed by atoms with Crippen LogP contribution in [0.25, 0.3) is 21.6 Å². The summed E-state index contributed by atoms with van der Waals surface area (Å²) in [4.78, 5) is 20.3. The lowest BCUT2D eigenvalue weighted by molar-refractivity contribution is 0.0714. The molecular weight excluding hydrogens is 401 g/mol. The Bertz CT molecular complexity index is 1150. The summed E-state index contributed by atoms with van der Waals surface area (Å²) in [5.74, 6) is -0.331.